The van der Waals surface area contributed by atoms with Gasteiger partial charge in [-0.15, -0.1) is 0 Å². The summed E-state index contributed by atoms with van der Waals surface area (Å²) >= 11 is 0. The number of ether oxygens (including phenoxy) is 11. The van der Waals surface area contributed by atoms with Gasteiger partial charge in [-0.25, -0.2) is 4.18 Å². The number of methoxy groups -OCH3 is 1. The van der Waals surface area contributed by atoms with Gasteiger partial charge < -0.3 is 98.1 Å². The second-order valence-corrected chi connectivity index (χ2v) is 26.0. The molecule has 0 unspecified atom stereocenters. The lowest BCUT2D eigenvalue weighted by molar-refractivity contribution is -0.373. The van der Waals surface area contributed by atoms with E-state index in [9.17, 15) is 68.5 Å². The highest BCUT2D eigenvalue weighted by Gasteiger charge is 2.87. The number of hydrogen-bond acceptors (Lipinski definition) is 25. The van der Waals surface area contributed by atoms with Crippen molar-refractivity contribution >= 4 is 22.3 Å². The van der Waals surface area contributed by atoms with E-state index in [-0.39, 0.29) is 24.7 Å². The minimum absolute atomic E-state index is 0.0915. The number of carbonyl (C=O) groups excluding carboxylic acids is 2. The summed E-state index contributed by atoms with van der Waals surface area (Å²) in [5, 5.41) is 101. The van der Waals surface area contributed by atoms with Gasteiger partial charge in [-0.1, -0.05) is 57.1 Å². The van der Waals surface area contributed by atoms with Gasteiger partial charge >= 0.3 is 22.3 Å². The van der Waals surface area contributed by atoms with Crippen LogP contribution in [0.3, 0.4) is 0 Å². The van der Waals surface area contributed by atoms with Gasteiger partial charge in [0.2, 0.25) is 0 Å². The Morgan fingerprint density at radius 1 is 0.753 bits per heavy atom. The molecule has 1 spiro atoms. The zero-order chi connectivity index (χ0) is 59.3. The third kappa shape index (κ3) is 10.5. The Bertz CT molecular complexity index is 2520. The topological polar surface area (TPSA) is 381 Å². The zero-order valence-electron chi connectivity index (χ0n) is 46.9. The Morgan fingerprint density at radius 3 is 2.05 bits per heavy atom. The van der Waals surface area contributed by atoms with Gasteiger partial charge in [0.1, 0.15) is 90.9 Å². The Balaban J connectivity index is 0.908. The molecule has 8 fully saturated rings. The highest BCUT2D eigenvalue weighted by atomic mass is 32.3. The molecular formula is C54H82O26S. The van der Waals surface area contributed by atoms with Crippen molar-refractivity contribution in [2.75, 3.05) is 33.5 Å². The summed E-state index contributed by atoms with van der Waals surface area (Å²) < 4.78 is 103. The molecule has 0 aromatic rings. The Morgan fingerprint density at radius 2 is 1.40 bits per heavy atom. The lowest BCUT2D eigenvalue weighted by Crippen LogP contribution is -2.66. The lowest BCUT2D eigenvalue weighted by atomic mass is 9.40. The molecule has 0 radical (unpaired) electrons. The quantitative estimate of drug-likeness (QED) is 0.0412. The maximum absolute atomic E-state index is 14.7. The van der Waals surface area contributed by atoms with E-state index in [4.69, 9.17) is 56.3 Å². The molecule has 5 aliphatic heterocycles. The Kier molecular flexibility index (Phi) is 17.7. The fourth-order valence-electron chi connectivity index (χ4n) is 15.6. The monoisotopic (exact) mass is 1180 g/mol. The van der Waals surface area contributed by atoms with Crippen LogP contribution in [0.1, 0.15) is 93.9 Å². The van der Waals surface area contributed by atoms with Crippen LogP contribution >= 0.6 is 0 Å². The van der Waals surface area contributed by atoms with Crippen molar-refractivity contribution in [2.45, 2.75) is 222 Å². The van der Waals surface area contributed by atoms with Crippen LogP contribution in [0.15, 0.2) is 35.5 Å². The van der Waals surface area contributed by atoms with Crippen molar-refractivity contribution in [3.05, 3.63) is 35.5 Å². The summed E-state index contributed by atoms with van der Waals surface area (Å²) in [5.74, 6) is -1.33. The average molecular weight is 1180 g/mol. The van der Waals surface area contributed by atoms with Crippen molar-refractivity contribution in [3.8, 4) is 0 Å². The molecule has 26 atom stereocenters. The minimum atomic E-state index is -5.17. The molecule has 9 aliphatic rings. The summed E-state index contributed by atoms with van der Waals surface area (Å²) in [4.78, 5) is 27.4. The lowest BCUT2D eigenvalue weighted by Gasteiger charge is -2.64. The van der Waals surface area contributed by atoms with Crippen molar-refractivity contribution in [1.29, 1.82) is 0 Å². The molecule has 0 aromatic carbocycles. The van der Waals surface area contributed by atoms with E-state index in [2.05, 4.69) is 13.0 Å². The first kappa shape index (κ1) is 62.8. The molecule has 4 aliphatic carbocycles. The Hall–Kier alpha value is -2.69. The fourth-order valence-corrected chi connectivity index (χ4v) is 16.1. The summed E-state index contributed by atoms with van der Waals surface area (Å²) in [5.41, 5.74) is -5.04. The Labute approximate surface area is 470 Å². The predicted octanol–water partition coefficient (Wildman–Crippen LogP) is -0.878. The van der Waals surface area contributed by atoms with Crippen LogP contribution < -0.4 is 0 Å². The molecule has 5 heterocycles. The van der Waals surface area contributed by atoms with E-state index in [0.29, 0.717) is 25.7 Å². The van der Waals surface area contributed by atoms with Crippen molar-refractivity contribution in [3.63, 3.8) is 0 Å². The van der Waals surface area contributed by atoms with Gasteiger partial charge in [-0.05, 0) is 88.0 Å². The SMILES string of the molecule is CO[C@@H]1[C@@H](O)[C@H](O[C@@H]2[C@@H](O)[C@H](O[C@@H]3CO[C@@H](O[C@H]4[C@H](O[C@H]5CC[C@]6(C)[C@H]7CC[C@]89C(=O)O[C@@](C)(/C=C\C=C(C)C)[C@@]8(O)[C@@H](OC(C)=O)C[C@@]9(C)C7=CC[C@H]6C5(C)C)OC[C@@H](OS(=O)(=O)O)[C@@H]4O)[C@H](O)[C@H]3O)OC[C@H]2O)O[C@H](CO)[C@H]1O. The van der Waals surface area contributed by atoms with E-state index in [1.54, 1.807) is 19.1 Å². The summed E-state index contributed by atoms with van der Waals surface area (Å²) in [6.45, 7) is 12.7. The molecule has 9 rings (SSSR count). The number of aliphatic hydroxyl groups is 9. The number of fused-ring (bicyclic) bond motifs is 4. The van der Waals surface area contributed by atoms with Gasteiger partial charge in [0.25, 0.3) is 0 Å². The maximum atomic E-state index is 14.7. The van der Waals surface area contributed by atoms with Crippen LogP contribution in [-0.4, -0.2) is 232 Å². The molecule has 5 saturated heterocycles. The molecule has 81 heavy (non-hydrogen) atoms. The molecule has 3 saturated carbocycles. The van der Waals surface area contributed by atoms with Crippen LogP contribution in [0, 0.1) is 33.5 Å². The first-order chi connectivity index (χ1) is 37.8. The highest BCUT2D eigenvalue weighted by molar-refractivity contribution is 7.80. The summed E-state index contributed by atoms with van der Waals surface area (Å²) in [6, 6.07) is 0. The molecule has 26 nitrogen and oxygen atoms in total. The fraction of sp³-hybridized carbons (Fsp3) is 0.852. The average Bonchev–Trinajstić information content (AvgIpc) is 1.75. The number of aliphatic hydroxyl groups excluding tert-OH is 8. The van der Waals surface area contributed by atoms with Gasteiger partial charge in [0, 0.05) is 19.4 Å². The van der Waals surface area contributed by atoms with Crippen LogP contribution in [-0.2, 0) is 76.3 Å². The first-order valence-corrected chi connectivity index (χ1v) is 29.0. The van der Waals surface area contributed by atoms with E-state index in [1.807, 2.05) is 40.7 Å². The van der Waals surface area contributed by atoms with E-state index in [0.717, 1.165) is 11.1 Å². The normalized spacial score (nSPS) is 49.6. The van der Waals surface area contributed by atoms with Crippen molar-refractivity contribution in [1.82, 2.24) is 0 Å². The first-order valence-electron chi connectivity index (χ1n) is 27.7. The maximum Gasteiger partial charge on any atom is 0.397 e. The van der Waals surface area contributed by atoms with Crippen molar-refractivity contribution in [2.24, 2.45) is 33.5 Å². The third-order valence-corrected chi connectivity index (χ3v) is 20.2. The number of carbonyl (C=O) groups is 2. The van der Waals surface area contributed by atoms with Gasteiger partial charge in [0.05, 0.1) is 32.5 Å². The predicted molar refractivity (Wildman–Crippen MR) is 272 cm³/mol. The van der Waals surface area contributed by atoms with Crippen LogP contribution in [0.5, 0.6) is 0 Å². The third-order valence-electron chi connectivity index (χ3n) is 19.7. The molecule has 10 N–H and O–H groups in total. The number of rotatable bonds is 15. The molecular weight excluding hydrogens is 1100 g/mol. The van der Waals surface area contributed by atoms with Crippen LogP contribution in [0.2, 0.25) is 0 Å². The van der Waals surface area contributed by atoms with E-state index < -0.39 is 198 Å². The van der Waals surface area contributed by atoms with Gasteiger partial charge in [-0.3, -0.25) is 14.1 Å². The highest BCUT2D eigenvalue weighted by Crippen LogP contribution is 2.77. The molecule has 0 amide bonds. The number of cyclic esters (lactones) is 1. The number of hydrogen-bond donors (Lipinski definition) is 10. The number of allylic oxidation sites excluding steroid dienone is 5. The summed E-state index contributed by atoms with van der Waals surface area (Å²) in [6.07, 6.45) is -19.8. The van der Waals surface area contributed by atoms with Crippen LogP contribution in [0.25, 0.3) is 0 Å². The summed E-state index contributed by atoms with van der Waals surface area (Å²) in [7, 11) is -3.97. The van der Waals surface area contributed by atoms with E-state index in [1.165, 1.54) is 14.0 Å². The smallest absolute Gasteiger partial charge is 0.397 e. The molecule has 460 valence electrons. The molecule has 0 aromatic heterocycles. The second kappa shape index (κ2) is 22.9. The van der Waals surface area contributed by atoms with Crippen molar-refractivity contribution < 1.29 is 125 Å². The second-order valence-electron chi connectivity index (χ2n) is 24.9. The largest absolute Gasteiger partial charge is 0.459 e. The van der Waals surface area contributed by atoms with Gasteiger partial charge in [-0.2, -0.15) is 8.42 Å². The zero-order valence-corrected chi connectivity index (χ0v) is 47.7. The minimum Gasteiger partial charge on any atom is -0.459 e. The van der Waals surface area contributed by atoms with Crippen LogP contribution in [0.4, 0.5) is 0 Å². The molecule has 27 heteroatoms. The van der Waals surface area contributed by atoms with E-state index >= 15 is 0 Å². The molecule has 0 bridgehead atoms. The standard InChI is InChI=1S/C54H82O26S/c1-24(2)11-10-16-52(8)54(65)34(73-25(3)56)19-51(7)27-12-13-32-49(4,5)33(15-17-50(32,6)26(27)14-18-53(51,54)48(64)79-52)76-47-43(37(60)31(23-72-47)80-81(66,67)68)78-44-38(61)35(58)30(22-71-44)75-45-39(62)41(28(57)21-70-45)77-46-40(63)42(69-9)36(59)29(20-55)74-46/h10-12,16,26,28-47,55,57-63,65H,13-15,17-23H2,1-9H3,(H,66,67,68)/b16-10-/t26-,28+,29+,30+,31+,32-,33-,34-,35-,36+,37-,38+,39+,40+,41-,42-,43+,44-,45-,46-,47-,50+,51-,52-,53+,54-/m0/s1. The van der Waals surface area contributed by atoms with Gasteiger partial charge in [0.15, 0.2) is 36.4 Å². The number of esters is 2.